The fourth-order valence-electron chi connectivity index (χ4n) is 1.88. The Labute approximate surface area is 136 Å². The van der Waals surface area contributed by atoms with Gasteiger partial charge < -0.3 is 5.73 Å². The molecule has 0 bridgehead atoms. The standard InChI is InChI=1S/C13H8Br2FN5/c14-7-1-4-12(10(15)5-7)21-13(18-19-20-21)9-6-8(17)2-3-11(9)16/h1-6H,17H2. The Balaban J connectivity index is 2.19. The van der Waals surface area contributed by atoms with Gasteiger partial charge in [-0.2, -0.15) is 4.68 Å². The van der Waals surface area contributed by atoms with E-state index in [1.165, 1.54) is 22.9 Å². The maximum atomic E-state index is 14.0. The number of nitrogens with zero attached hydrogens (tertiary/aromatic N) is 4. The van der Waals surface area contributed by atoms with Gasteiger partial charge in [-0.3, -0.25) is 0 Å². The van der Waals surface area contributed by atoms with Crippen LogP contribution in [0.25, 0.3) is 17.1 Å². The molecule has 3 rings (SSSR count). The number of nitrogens with two attached hydrogens (primary N) is 1. The molecule has 0 amide bonds. The average molecular weight is 413 g/mol. The van der Waals surface area contributed by atoms with E-state index in [1.54, 1.807) is 0 Å². The molecule has 8 heteroatoms. The lowest BCUT2D eigenvalue weighted by molar-refractivity contribution is 0.629. The molecule has 106 valence electrons. The van der Waals surface area contributed by atoms with Gasteiger partial charge in [0, 0.05) is 14.6 Å². The molecule has 2 N–H and O–H groups in total. The predicted molar refractivity (Wildman–Crippen MR) is 84.4 cm³/mol. The topological polar surface area (TPSA) is 69.6 Å². The molecular weight excluding hydrogens is 405 g/mol. The van der Waals surface area contributed by atoms with Crippen LogP contribution in [0.5, 0.6) is 0 Å². The van der Waals surface area contributed by atoms with Crippen molar-refractivity contribution in [3.63, 3.8) is 0 Å². The Morgan fingerprint density at radius 2 is 1.90 bits per heavy atom. The van der Waals surface area contributed by atoms with Crippen LogP contribution >= 0.6 is 31.9 Å². The van der Waals surface area contributed by atoms with Crippen molar-refractivity contribution in [3.8, 4) is 17.1 Å². The Kier molecular flexibility index (Phi) is 3.73. The highest BCUT2D eigenvalue weighted by Gasteiger charge is 2.16. The molecule has 0 aliphatic carbocycles. The summed E-state index contributed by atoms with van der Waals surface area (Å²) in [5.41, 5.74) is 7.09. The van der Waals surface area contributed by atoms with Crippen molar-refractivity contribution >= 4 is 37.5 Å². The number of halogens is 3. The van der Waals surface area contributed by atoms with Crippen LogP contribution in [0, 0.1) is 5.82 Å². The summed E-state index contributed by atoms with van der Waals surface area (Å²) in [6, 6.07) is 9.81. The van der Waals surface area contributed by atoms with Crippen molar-refractivity contribution in [1.82, 2.24) is 20.2 Å². The molecule has 0 radical (unpaired) electrons. The lowest BCUT2D eigenvalue weighted by Crippen LogP contribution is -2.02. The number of rotatable bonds is 2. The lowest BCUT2D eigenvalue weighted by Gasteiger charge is -2.08. The Hall–Kier alpha value is -1.80. The normalized spacial score (nSPS) is 10.8. The van der Waals surface area contributed by atoms with E-state index in [-0.39, 0.29) is 11.4 Å². The minimum atomic E-state index is -0.437. The number of tetrazole rings is 1. The third kappa shape index (κ3) is 2.68. The van der Waals surface area contributed by atoms with Crippen molar-refractivity contribution in [2.75, 3.05) is 5.73 Å². The first-order chi connectivity index (χ1) is 10.1. The van der Waals surface area contributed by atoms with Gasteiger partial charge in [0.2, 0.25) is 0 Å². The van der Waals surface area contributed by atoms with E-state index in [1.807, 2.05) is 18.2 Å². The Morgan fingerprint density at radius 1 is 1.10 bits per heavy atom. The van der Waals surface area contributed by atoms with Gasteiger partial charge in [-0.25, -0.2) is 4.39 Å². The molecule has 2 aromatic carbocycles. The summed E-state index contributed by atoms with van der Waals surface area (Å²) < 4.78 is 17.1. The van der Waals surface area contributed by atoms with Crippen LogP contribution in [0.4, 0.5) is 10.1 Å². The van der Waals surface area contributed by atoms with E-state index >= 15 is 0 Å². The van der Waals surface area contributed by atoms with Gasteiger partial charge in [-0.15, -0.1) is 5.10 Å². The fraction of sp³-hybridized carbons (Fsp3) is 0. The van der Waals surface area contributed by atoms with Crippen LogP contribution in [0.3, 0.4) is 0 Å². The quantitative estimate of drug-likeness (QED) is 0.653. The minimum Gasteiger partial charge on any atom is -0.399 e. The van der Waals surface area contributed by atoms with Crippen LogP contribution in [0.15, 0.2) is 45.3 Å². The molecule has 0 fully saturated rings. The summed E-state index contributed by atoms with van der Waals surface area (Å²) in [5.74, 6) is -0.156. The lowest BCUT2D eigenvalue weighted by atomic mass is 10.1. The maximum Gasteiger partial charge on any atom is 0.190 e. The molecule has 0 unspecified atom stereocenters. The van der Waals surface area contributed by atoms with Crippen LogP contribution < -0.4 is 5.73 Å². The first-order valence-electron chi connectivity index (χ1n) is 5.85. The summed E-state index contributed by atoms with van der Waals surface area (Å²) in [4.78, 5) is 0. The number of hydrogen-bond donors (Lipinski definition) is 1. The van der Waals surface area contributed by atoms with Crippen molar-refractivity contribution in [1.29, 1.82) is 0 Å². The van der Waals surface area contributed by atoms with Crippen LogP contribution in [-0.4, -0.2) is 20.2 Å². The molecule has 0 aliphatic rings. The zero-order valence-corrected chi connectivity index (χ0v) is 13.6. The Bertz CT molecular complexity index is 818. The molecule has 5 nitrogen and oxygen atoms in total. The van der Waals surface area contributed by atoms with Crippen LogP contribution in [0.2, 0.25) is 0 Å². The monoisotopic (exact) mass is 411 g/mol. The summed E-state index contributed by atoms with van der Waals surface area (Å²) >= 11 is 6.82. The summed E-state index contributed by atoms with van der Waals surface area (Å²) in [7, 11) is 0. The maximum absolute atomic E-state index is 14.0. The molecule has 0 atom stereocenters. The van der Waals surface area contributed by atoms with Gasteiger partial charge in [0.1, 0.15) is 5.82 Å². The molecule has 3 aromatic rings. The van der Waals surface area contributed by atoms with Gasteiger partial charge >= 0.3 is 0 Å². The van der Waals surface area contributed by atoms with Gasteiger partial charge in [-0.1, -0.05) is 15.9 Å². The van der Waals surface area contributed by atoms with E-state index in [4.69, 9.17) is 5.73 Å². The largest absolute Gasteiger partial charge is 0.399 e. The number of benzene rings is 2. The minimum absolute atomic E-state index is 0.245. The SMILES string of the molecule is Nc1ccc(F)c(-c2nnnn2-c2ccc(Br)cc2Br)c1. The highest BCUT2D eigenvalue weighted by atomic mass is 79.9. The van der Waals surface area contributed by atoms with Crippen molar-refractivity contribution in [2.45, 2.75) is 0 Å². The molecule has 21 heavy (non-hydrogen) atoms. The number of hydrogen-bond acceptors (Lipinski definition) is 4. The number of nitrogen functional groups attached to an aromatic ring is 1. The van der Waals surface area contributed by atoms with Crippen molar-refractivity contribution in [3.05, 3.63) is 51.2 Å². The van der Waals surface area contributed by atoms with Crippen LogP contribution in [-0.2, 0) is 0 Å². The van der Waals surface area contributed by atoms with Crippen LogP contribution in [0.1, 0.15) is 0 Å². The third-order valence-corrected chi connectivity index (χ3v) is 3.97. The van der Waals surface area contributed by atoms with Crippen molar-refractivity contribution < 1.29 is 4.39 Å². The van der Waals surface area contributed by atoms with Crippen molar-refractivity contribution in [2.24, 2.45) is 0 Å². The second-order valence-electron chi connectivity index (χ2n) is 4.25. The fourth-order valence-corrected chi connectivity index (χ4v) is 3.10. The predicted octanol–water partition coefficient (Wildman–Crippen LogP) is 3.58. The molecule has 0 spiro atoms. The summed E-state index contributed by atoms with van der Waals surface area (Å²) in [6.45, 7) is 0. The van der Waals surface area contributed by atoms with E-state index in [2.05, 4.69) is 47.4 Å². The highest BCUT2D eigenvalue weighted by Crippen LogP contribution is 2.29. The average Bonchev–Trinajstić information content (AvgIpc) is 2.90. The Morgan fingerprint density at radius 3 is 2.67 bits per heavy atom. The second-order valence-corrected chi connectivity index (χ2v) is 6.02. The zero-order chi connectivity index (χ0) is 15.0. The molecule has 0 aliphatic heterocycles. The zero-order valence-electron chi connectivity index (χ0n) is 10.5. The molecular formula is C13H8Br2FN5. The number of anilines is 1. The molecule has 0 saturated carbocycles. The summed E-state index contributed by atoms with van der Waals surface area (Å²) in [6.07, 6.45) is 0. The summed E-state index contributed by atoms with van der Waals surface area (Å²) in [5, 5.41) is 11.5. The molecule has 0 saturated heterocycles. The second kappa shape index (κ2) is 5.53. The van der Waals surface area contributed by atoms with E-state index in [9.17, 15) is 4.39 Å². The highest BCUT2D eigenvalue weighted by molar-refractivity contribution is 9.11. The third-order valence-electron chi connectivity index (χ3n) is 2.84. The van der Waals surface area contributed by atoms with Gasteiger partial charge in [0.05, 0.1) is 11.3 Å². The van der Waals surface area contributed by atoms with E-state index in [0.717, 1.165) is 8.95 Å². The first kappa shape index (κ1) is 14.2. The van der Waals surface area contributed by atoms with Gasteiger partial charge in [-0.05, 0) is 62.8 Å². The first-order valence-corrected chi connectivity index (χ1v) is 7.44. The van der Waals surface area contributed by atoms with E-state index < -0.39 is 5.82 Å². The smallest absolute Gasteiger partial charge is 0.190 e. The van der Waals surface area contributed by atoms with Gasteiger partial charge in [0.25, 0.3) is 0 Å². The molecule has 1 aromatic heterocycles. The molecule has 1 heterocycles. The van der Waals surface area contributed by atoms with Gasteiger partial charge in [0.15, 0.2) is 5.82 Å². The van der Waals surface area contributed by atoms with E-state index in [0.29, 0.717) is 11.4 Å². The number of aromatic nitrogens is 4.